The van der Waals surface area contributed by atoms with Crippen molar-refractivity contribution < 1.29 is 27.9 Å². The summed E-state index contributed by atoms with van der Waals surface area (Å²) in [5.41, 5.74) is 13.7. The van der Waals surface area contributed by atoms with E-state index in [9.17, 15) is 23.1 Å². The van der Waals surface area contributed by atoms with E-state index >= 15 is 0 Å². The number of carboxylic acids is 1. The van der Waals surface area contributed by atoms with Crippen molar-refractivity contribution in [3.8, 4) is 28.7 Å². The lowest BCUT2D eigenvalue weighted by Crippen LogP contribution is -2.14. The van der Waals surface area contributed by atoms with Crippen molar-refractivity contribution in [2.24, 2.45) is 10.9 Å². The van der Waals surface area contributed by atoms with Crippen LogP contribution >= 0.6 is 0 Å². The van der Waals surface area contributed by atoms with E-state index in [1.165, 1.54) is 43.5 Å². The monoisotopic (exact) mass is 479 g/mol. The lowest BCUT2D eigenvalue weighted by atomic mass is 9.96. The Morgan fingerprint density at radius 1 is 1.03 bits per heavy atom. The number of methoxy groups -OCH3 is 1. The average molecular weight is 480 g/mol. The van der Waals surface area contributed by atoms with E-state index < -0.39 is 21.9 Å². The fourth-order valence-electron chi connectivity index (χ4n) is 3.29. The molecule has 3 rings (SSSR count). The standard InChI is InChI=1S/C24H21N3O6S/c1-33-17-7-10-19(24(29)30)16(13-17)4-2-3-14-11-20(22(25)21(12-14)23(26)28)15-5-8-18(9-6-15)34(27,31)32/h5-13H,4,25H2,1H3,(H2,26,28)(H,29,30)(H2,27,31,32). The third-order valence-corrected chi connectivity index (χ3v) is 5.92. The molecular formula is C24H21N3O6S. The number of nitrogen functional groups attached to an aromatic ring is 1. The lowest BCUT2D eigenvalue weighted by molar-refractivity contribution is 0.0695. The summed E-state index contributed by atoms with van der Waals surface area (Å²) in [4.78, 5) is 23.4. The minimum absolute atomic E-state index is 0.0462. The summed E-state index contributed by atoms with van der Waals surface area (Å²) in [7, 11) is -2.40. The summed E-state index contributed by atoms with van der Waals surface area (Å²) < 4.78 is 28.2. The molecule has 3 aromatic rings. The Labute approximate surface area is 196 Å². The molecule has 0 aromatic heterocycles. The average Bonchev–Trinajstić information content (AvgIpc) is 2.79. The summed E-state index contributed by atoms with van der Waals surface area (Å²) in [6.45, 7) is 0. The van der Waals surface area contributed by atoms with Crippen LogP contribution in [0.2, 0.25) is 0 Å². The molecule has 0 aliphatic rings. The van der Waals surface area contributed by atoms with Gasteiger partial charge in [0, 0.05) is 17.5 Å². The summed E-state index contributed by atoms with van der Waals surface area (Å²) in [5.74, 6) is 4.45. The number of carbonyl (C=O) groups is 2. The van der Waals surface area contributed by atoms with E-state index in [2.05, 4.69) is 11.8 Å². The largest absolute Gasteiger partial charge is 0.497 e. The molecule has 7 N–H and O–H groups in total. The molecule has 0 aliphatic heterocycles. The number of benzene rings is 3. The zero-order chi connectivity index (χ0) is 25.0. The van der Waals surface area contributed by atoms with Crippen LogP contribution in [0.25, 0.3) is 11.1 Å². The first-order valence-corrected chi connectivity index (χ1v) is 11.3. The summed E-state index contributed by atoms with van der Waals surface area (Å²) in [5, 5.41) is 14.5. The molecular weight excluding hydrogens is 458 g/mol. The molecule has 0 atom stereocenters. The van der Waals surface area contributed by atoms with Crippen LogP contribution in [0.4, 0.5) is 5.69 Å². The lowest BCUT2D eigenvalue weighted by Gasteiger charge is -2.11. The second-order valence-corrected chi connectivity index (χ2v) is 8.79. The molecule has 0 aliphatic carbocycles. The molecule has 174 valence electrons. The number of hydrogen-bond acceptors (Lipinski definition) is 6. The topological polar surface area (TPSA) is 176 Å². The summed E-state index contributed by atoms with van der Waals surface area (Å²) in [6.07, 6.45) is 0.105. The van der Waals surface area contributed by atoms with Gasteiger partial charge in [-0.2, -0.15) is 0 Å². The first-order valence-electron chi connectivity index (χ1n) is 9.77. The molecule has 0 saturated carbocycles. The zero-order valence-corrected chi connectivity index (χ0v) is 18.8. The van der Waals surface area contributed by atoms with Crippen LogP contribution in [0.15, 0.2) is 59.5 Å². The van der Waals surface area contributed by atoms with Crippen molar-refractivity contribution in [1.29, 1.82) is 0 Å². The van der Waals surface area contributed by atoms with Gasteiger partial charge < -0.3 is 21.3 Å². The normalized spacial score (nSPS) is 10.8. The van der Waals surface area contributed by atoms with Gasteiger partial charge in [0.1, 0.15) is 5.75 Å². The van der Waals surface area contributed by atoms with Gasteiger partial charge in [-0.25, -0.2) is 18.4 Å². The van der Waals surface area contributed by atoms with Crippen molar-refractivity contribution in [1.82, 2.24) is 0 Å². The Balaban J connectivity index is 2.04. The van der Waals surface area contributed by atoms with Crippen LogP contribution in [0.1, 0.15) is 31.8 Å². The molecule has 34 heavy (non-hydrogen) atoms. The molecule has 0 spiro atoms. The van der Waals surface area contributed by atoms with Crippen LogP contribution in [0, 0.1) is 11.8 Å². The highest BCUT2D eigenvalue weighted by atomic mass is 32.2. The van der Waals surface area contributed by atoms with E-state index in [1.807, 2.05) is 0 Å². The molecule has 1 amide bonds. The van der Waals surface area contributed by atoms with Crippen LogP contribution in [-0.2, 0) is 16.4 Å². The quantitative estimate of drug-likeness (QED) is 0.308. The Morgan fingerprint density at radius 3 is 2.26 bits per heavy atom. The molecule has 0 saturated heterocycles. The van der Waals surface area contributed by atoms with Gasteiger partial charge in [0.2, 0.25) is 10.0 Å². The fraction of sp³-hybridized carbons (Fsp3) is 0.0833. The van der Waals surface area contributed by atoms with Crippen LogP contribution < -0.4 is 21.3 Å². The van der Waals surface area contributed by atoms with Crippen molar-refractivity contribution in [3.05, 3.63) is 76.9 Å². The minimum atomic E-state index is -3.87. The summed E-state index contributed by atoms with van der Waals surface area (Å²) >= 11 is 0. The minimum Gasteiger partial charge on any atom is -0.497 e. The number of amides is 1. The third kappa shape index (κ3) is 5.35. The molecule has 0 unspecified atom stereocenters. The van der Waals surface area contributed by atoms with E-state index in [0.717, 1.165) is 0 Å². The van der Waals surface area contributed by atoms with Crippen molar-refractivity contribution in [2.75, 3.05) is 12.8 Å². The number of aromatic carboxylic acids is 1. The number of primary amides is 1. The molecule has 3 aromatic carbocycles. The number of carboxylic acid groups (broad SMARTS) is 1. The molecule has 9 nitrogen and oxygen atoms in total. The predicted octanol–water partition coefficient (Wildman–Crippen LogP) is 1.98. The molecule has 0 radical (unpaired) electrons. The van der Waals surface area contributed by atoms with Crippen LogP contribution in [0.3, 0.4) is 0 Å². The fourth-order valence-corrected chi connectivity index (χ4v) is 3.80. The van der Waals surface area contributed by atoms with E-state index in [1.54, 1.807) is 18.2 Å². The number of nitrogens with two attached hydrogens (primary N) is 3. The molecule has 10 heteroatoms. The van der Waals surface area contributed by atoms with Crippen molar-refractivity contribution >= 4 is 27.6 Å². The molecule has 0 bridgehead atoms. The Morgan fingerprint density at radius 2 is 1.71 bits per heavy atom. The Bertz CT molecular complexity index is 1450. The molecule has 0 fully saturated rings. The van der Waals surface area contributed by atoms with Gasteiger partial charge in [-0.1, -0.05) is 24.0 Å². The van der Waals surface area contributed by atoms with Gasteiger partial charge in [-0.3, -0.25) is 4.79 Å². The second kappa shape index (κ2) is 9.66. The number of primary sulfonamides is 1. The second-order valence-electron chi connectivity index (χ2n) is 7.23. The van der Waals surface area contributed by atoms with E-state index in [4.69, 9.17) is 21.3 Å². The number of hydrogen-bond donors (Lipinski definition) is 4. The highest BCUT2D eigenvalue weighted by molar-refractivity contribution is 7.89. The predicted molar refractivity (Wildman–Crippen MR) is 127 cm³/mol. The maximum atomic E-state index is 11.9. The first kappa shape index (κ1) is 24.3. The highest BCUT2D eigenvalue weighted by Gasteiger charge is 2.15. The SMILES string of the molecule is COc1ccc(C(=O)O)c(CC#Cc2cc(C(N)=O)c(N)c(-c3ccc(S(N)(=O)=O)cc3)c2)c1. The maximum Gasteiger partial charge on any atom is 0.336 e. The van der Waals surface area contributed by atoms with E-state index in [0.29, 0.717) is 28.0 Å². The zero-order valence-electron chi connectivity index (χ0n) is 18.0. The van der Waals surface area contributed by atoms with Gasteiger partial charge in [0.25, 0.3) is 5.91 Å². The number of anilines is 1. The number of carbonyl (C=O) groups excluding carboxylic acids is 1. The highest BCUT2D eigenvalue weighted by Crippen LogP contribution is 2.31. The first-order chi connectivity index (χ1) is 16.0. The third-order valence-electron chi connectivity index (χ3n) is 4.99. The van der Waals surface area contributed by atoms with Crippen LogP contribution in [-0.4, -0.2) is 32.5 Å². The van der Waals surface area contributed by atoms with Gasteiger partial charge in [0.05, 0.1) is 28.8 Å². The van der Waals surface area contributed by atoms with Gasteiger partial charge in [0.15, 0.2) is 0 Å². The van der Waals surface area contributed by atoms with Gasteiger partial charge >= 0.3 is 5.97 Å². The molecule has 0 heterocycles. The number of rotatable bonds is 6. The van der Waals surface area contributed by atoms with Crippen molar-refractivity contribution in [2.45, 2.75) is 11.3 Å². The van der Waals surface area contributed by atoms with Gasteiger partial charge in [-0.15, -0.1) is 0 Å². The number of ether oxygens (including phenoxy) is 1. The summed E-state index contributed by atoms with van der Waals surface area (Å²) in [6, 6.07) is 13.3. The van der Waals surface area contributed by atoms with Crippen LogP contribution in [0.5, 0.6) is 5.75 Å². The Hall–Kier alpha value is -4.33. The van der Waals surface area contributed by atoms with Gasteiger partial charge in [-0.05, 0) is 53.6 Å². The maximum absolute atomic E-state index is 11.9. The Kier molecular flexibility index (Phi) is 6.91. The van der Waals surface area contributed by atoms with E-state index in [-0.39, 0.29) is 28.1 Å². The number of sulfonamides is 1. The van der Waals surface area contributed by atoms with Crippen molar-refractivity contribution in [3.63, 3.8) is 0 Å². The smallest absolute Gasteiger partial charge is 0.336 e.